The molecule has 0 aromatic heterocycles. The van der Waals surface area contributed by atoms with E-state index in [-0.39, 0.29) is 11.8 Å². The fourth-order valence-electron chi connectivity index (χ4n) is 2.08. The summed E-state index contributed by atoms with van der Waals surface area (Å²) in [6.07, 6.45) is 0.939. The summed E-state index contributed by atoms with van der Waals surface area (Å²) in [4.78, 5) is 25.6. The quantitative estimate of drug-likeness (QED) is 0.885. The molecule has 0 aliphatic carbocycles. The number of hydrogen-bond donors (Lipinski definition) is 1. The van der Waals surface area contributed by atoms with Gasteiger partial charge in [0.05, 0.1) is 6.61 Å². The van der Waals surface area contributed by atoms with Gasteiger partial charge in [-0.1, -0.05) is 6.92 Å². The molecular formula is C19H22N2O3. The first-order valence-corrected chi connectivity index (χ1v) is 7.87. The van der Waals surface area contributed by atoms with Crippen molar-refractivity contribution in [3.8, 4) is 5.75 Å². The van der Waals surface area contributed by atoms with Crippen molar-refractivity contribution in [2.45, 2.75) is 13.3 Å². The SMILES string of the molecule is CCCOc1ccc(C(=O)Nc2ccc(C(=O)N(C)C)cc2)cc1. The van der Waals surface area contributed by atoms with Crippen molar-refractivity contribution in [1.29, 1.82) is 0 Å². The number of benzene rings is 2. The van der Waals surface area contributed by atoms with E-state index in [9.17, 15) is 9.59 Å². The molecule has 0 radical (unpaired) electrons. The van der Waals surface area contributed by atoms with Crippen LogP contribution in [0.25, 0.3) is 0 Å². The van der Waals surface area contributed by atoms with Crippen LogP contribution in [0.4, 0.5) is 5.69 Å². The molecular weight excluding hydrogens is 304 g/mol. The smallest absolute Gasteiger partial charge is 0.255 e. The maximum Gasteiger partial charge on any atom is 0.255 e. The molecule has 5 heteroatoms. The van der Waals surface area contributed by atoms with Crippen LogP contribution in [0.3, 0.4) is 0 Å². The van der Waals surface area contributed by atoms with Gasteiger partial charge in [-0.15, -0.1) is 0 Å². The minimum absolute atomic E-state index is 0.0736. The first-order valence-electron chi connectivity index (χ1n) is 7.87. The Morgan fingerprint density at radius 3 is 2.08 bits per heavy atom. The van der Waals surface area contributed by atoms with E-state index in [0.717, 1.165) is 12.2 Å². The third-order valence-corrected chi connectivity index (χ3v) is 3.39. The van der Waals surface area contributed by atoms with E-state index in [1.54, 1.807) is 62.6 Å². The number of amides is 2. The highest BCUT2D eigenvalue weighted by Gasteiger charge is 2.09. The molecule has 126 valence electrons. The molecule has 0 aliphatic rings. The number of anilines is 1. The maximum absolute atomic E-state index is 12.2. The summed E-state index contributed by atoms with van der Waals surface area (Å²) < 4.78 is 5.50. The van der Waals surface area contributed by atoms with Gasteiger partial charge in [0.25, 0.3) is 11.8 Å². The van der Waals surface area contributed by atoms with Crippen molar-refractivity contribution in [3.05, 3.63) is 59.7 Å². The average Bonchev–Trinajstić information content (AvgIpc) is 2.60. The van der Waals surface area contributed by atoms with Crippen LogP contribution in [-0.2, 0) is 0 Å². The van der Waals surface area contributed by atoms with Gasteiger partial charge >= 0.3 is 0 Å². The molecule has 0 fully saturated rings. The van der Waals surface area contributed by atoms with Gasteiger partial charge in [-0.3, -0.25) is 9.59 Å². The normalized spacial score (nSPS) is 10.1. The predicted octanol–water partition coefficient (Wildman–Crippen LogP) is 3.43. The van der Waals surface area contributed by atoms with Crippen LogP contribution in [0.5, 0.6) is 5.75 Å². The largest absolute Gasteiger partial charge is 0.494 e. The van der Waals surface area contributed by atoms with E-state index in [2.05, 4.69) is 5.32 Å². The molecule has 2 amide bonds. The van der Waals surface area contributed by atoms with E-state index >= 15 is 0 Å². The standard InChI is InChI=1S/C19H22N2O3/c1-4-13-24-17-11-7-14(8-12-17)18(22)20-16-9-5-15(6-10-16)19(23)21(2)3/h5-12H,4,13H2,1-3H3,(H,20,22). The Morgan fingerprint density at radius 2 is 1.54 bits per heavy atom. The lowest BCUT2D eigenvalue weighted by molar-refractivity contribution is 0.0827. The van der Waals surface area contributed by atoms with E-state index in [1.807, 2.05) is 6.92 Å². The number of carbonyl (C=O) groups excluding carboxylic acids is 2. The number of nitrogens with zero attached hydrogens (tertiary/aromatic N) is 1. The topological polar surface area (TPSA) is 58.6 Å². The highest BCUT2D eigenvalue weighted by molar-refractivity contribution is 6.04. The zero-order valence-electron chi connectivity index (χ0n) is 14.2. The molecule has 0 spiro atoms. The summed E-state index contributed by atoms with van der Waals surface area (Å²) in [5.41, 5.74) is 1.77. The maximum atomic E-state index is 12.2. The average molecular weight is 326 g/mol. The van der Waals surface area contributed by atoms with Crippen LogP contribution in [-0.4, -0.2) is 37.4 Å². The van der Waals surface area contributed by atoms with Crippen LogP contribution >= 0.6 is 0 Å². The predicted molar refractivity (Wildman–Crippen MR) is 94.6 cm³/mol. The first kappa shape index (κ1) is 17.5. The van der Waals surface area contributed by atoms with E-state index in [1.165, 1.54) is 4.90 Å². The van der Waals surface area contributed by atoms with Gasteiger partial charge in [0.15, 0.2) is 0 Å². The zero-order valence-corrected chi connectivity index (χ0v) is 14.2. The zero-order chi connectivity index (χ0) is 17.5. The summed E-state index contributed by atoms with van der Waals surface area (Å²) in [7, 11) is 3.40. The van der Waals surface area contributed by atoms with Crippen molar-refractivity contribution in [1.82, 2.24) is 4.90 Å². The van der Waals surface area contributed by atoms with Gasteiger partial charge < -0.3 is 15.0 Å². The first-order chi connectivity index (χ1) is 11.5. The second kappa shape index (κ2) is 8.15. The summed E-state index contributed by atoms with van der Waals surface area (Å²) in [6.45, 7) is 2.70. The van der Waals surface area contributed by atoms with Crippen molar-refractivity contribution >= 4 is 17.5 Å². The van der Waals surface area contributed by atoms with Gasteiger partial charge in [-0.25, -0.2) is 0 Å². The van der Waals surface area contributed by atoms with Crippen molar-refractivity contribution in [2.24, 2.45) is 0 Å². The Hall–Kier alpha value is -2.82. The molecule has 0 saturated carbocycles. The van der Waals surface area contributed by atoms with Crippen LogP contribution in [0.15, 0.2) is 48.5 Å². The van der Waals surface area contributed by atoms with Crippen molar-refractivity contribution in [3.63, 3.8) is 0 Å². The molecule has 2 aromatic carbocycles. The Morgan fingerprint density at radius 1 is 0.958 bits per heavy atom. The van der Waals surface area contributed by atoms with Crippen LogP contribution < -0.4 is 10.1 Å². The molecule has 24 heavy (non-hydrogen) atoms. The van der Waals surface area contributed by atoms with Crippen LogP contribution in [0.2, 0.25) is 0 Å². The highest BCUT2D eigenvalue weighted by Crippen LogP contribution is 2.15. The van der Waals surface area contributed by atoms with Gasteiger partial charge in [0.1, 0.15) is 5.75 Å². The molecule has 0 bridgehead atoms. The summed E-state index contributed by atoms with van der Waals surface area (Å²) in [6, 6.07) is 13.8. The molecule has 2 aromatic rings. The van der Waals surface area contributed by atoms with E-state index in [4.69, 9.17) is 4.74 Å². The summed E-state index contributed by atoms with van der Waals surface area (Å²) in [5.74, 6) is 0.472. The second-order valence-corrected chi connectivity index (χ2v) is 5.60. The molecule has 0 aliphatic heterocycles. The lowest BCUT2D eigenvalue weighted by Crippen LogP contribution is -2.21. The van der Waals surface area contributed by atoms with Gasteiger partial charge in [0.2, 0.25) is 0 Å². The summed E-state index contributed by atoms with van der Waals surface area (Å²) >= 11 is 0. The molecule has 0 unspecified atom stereocenters. The Bertz CT molecular complexity index is 692. The summed E-state index contributed by atoms with van der Waals surface area (Å²) in [5, 5.41) is 2.81. The van der Waals surface area contributed by atoms with E-state index < -0.39 is 0 Å². The van der Waals surface area contributed by atoms with Gasteiger partial charge in [-0.05, 0) is 55.0 Å². The Kier molecular flexibility index (Phi) is 5.95. The van der Waals surface area contributed by atoms with Crippen molar-refractivity contribution < 1.29 is 14.3 Å². The number of ether oxygens (including phenoxy) is 1. The number of rotatable bonds is 6. The van der Waals surface area contributed by atoms with Crippen LogP contribution in [0, 0.1) is 0 Å². The van der Waals surface area contributed by atoms with Gasteiger partial charge in [0, 0.05) is 30.9 Å². The number of hydrogen-bond acceptors (Lipinski definition) is 3. The fraction of sp³-hybridized carbons (Fsp3) is 0.263. The third kappa shape index (κ3) is 4.59. The Labute approximate surface area is 142 Å². The Balaban J connectivity index is 2.00. The number of nitrogens with one attached hydrogen (secondary N) is 1. The second-order valence-electron chi connectivity index (χ2n) is 5.60. The fourth-order valence-corrected chi connectivity index (χ4v) is 2.08. The monoisotopic (exact) mass is 326 g/mol. The molecule has 1 N–H and O–H groups in total. The molecule has 0 saturated heterocycles. The third-order valence-electron chi connectivity index (χ3n) is 3.39. The molecule has 0 heterocycles. The highest BCUT2D eigenvalue weighted by atomic mass is 16.5. The van der Waals surface area contributed by atoms with E-state index in [0.29, 0.717) is 23.4 Å². The molecule has 5 nitrogen and oxygen atoms in total. The minimum Gasteiger partial charge on any atom is -0.494 e. The van der Waals surface area contributed by atoms with Crippen molar-refractivity contribution in [2.75, 3.05) is 26.0 Å². The van der Waals surface area contributed by atoms with Crippen LogP contribution in [0.1, 0.15) is 34.1 Å². The lowest BCUT2D eigenvalue weighted by Gasteiger charge is -2.11. The minimum atomic E-state index is -0.205. The molecule has 2 rings (SSSR count). The lowest BCUT2D eigenvalue weighted by atomic mass is 10.1. The molecule has 0 atom stereocenters. The van der Waals surface area contributed by atoms with Gasteiger partial charge in [-0.2, -0.15) is 0 Å². The number of carbonyl (C=O) groups is 2.